The predicted octanol–water partition coefficient (Wildman–Crippen LogP) is 2.80. The van der Waals surface area contributed by atoms with E-state index in [4.69, 9.17) is 4.52 Å². The van der Waals surface area contributed by atoms with Gasteiger partial charge in [0.1, 0.15) is 0 Å². The summed E-state index contributed by atoms with van der Waals surface area (Å²) in [5, 5.41) is 6.99. The summed E-state index contributed by atoms with van der Waals surface area (Å²) in [6.07, 6.45) is 0. The molecule has 0 amide bonds. The first kappa shape index (κ1) is 11.8. The standard InChI is InChI=1S/C10H12BrN3OS/c1-6-9(11)3-8(16-6)4-12-5-10-13-7(2)14-15-10/h3,12H,4-5H2,1-2H3. The fourth-order valence-electron chi connectivity index (χ4n) is 1.31. The minimum absolute atomic E-state index is 0.607. The van der Waals surface area contributed by atoms with Gasteiger partial charge in [-0.15, -0.1) is 11.3 Å². The molecule has 86 valence electrons. The van der Waals surface area contributed by atoms with Crippen molar-refractivity contribution in [3.8, 4) is 0 Å². The van der Waals surface area contributed by atoms with Crippen LogP contribution in [-0.2, 0) is 13.1 Å². The lowest BCUT2D eigenvalue weighted by Crippen LogP contribution is -2.11. The quantitative estimate of drug-likeness (QED) is 0.943. The number of hydrogen-bond donors (Lipinski definition) is 1. The van der Waals surface area contributed by atoms with E-state index < -0.39 is 0 Å². The number of nitrogens with one attached hydrogen (secondary N) is 1. The van der Waals surface area contributed by atoms with Crippen molar-refractivity contribution in [2.45, 2.75) is 26.9 Å². The summed E-state index contributed by atoms with van der Waals surface area (Å²) in [5.74, 6) is 1.30. The molecule has 6 heteroatoms. The van der Waals surface area contributed by atoms with Crippen LogP contribution in [0.25, 0.3) is 0 Å². The second-order valence-corrected chi connectivity index (χ2v) is 5.65. The molecule has 0 fully saturated rings. The minimum Gasteiger partial charge on any atom is -0.338 e. The highest BCUT2D eigenvalue weighted by molar-refractivity contribution is 9.10. The molecule has 0 spiro atoms. The molecule has 0 atom stereocenters. The number of aromatic nitrogens is 2. The molecular formula is C10H12BrN3OS. The van der Waals surface area contributed by atoms with Crippen molar-refractivity contribution in [2.75, 3.05) is 0 Å². The molecule has 2 heterocycles. The van der Waals surface area contributed by atoms with Crippen molar-refractivity contribution < 1.29 is 4.52 Å². The van der Waals surface area contributed by atoms with Gasteiger partial charge >= 0.3 is 0 Å². The van der Waals surface area contributed by atoms with Gasteiger partial charge < -0.3 is 9.84 Å². The van der Waals surface area contributed by atoms with Gasteiger partial charge in [0, 0.05) is 20.8 Å². The number of aryl methyl sites for hydroxylation is 2. The van der Waals surface area contributed by atoms with Gasteiger partial charge in [-0.1, -0.05) is 5.16 Å². The zero-order valence-electron chi connectivity index (χ0n) is 9.08. The molecule has 1 N–H and O–H groups in total. The summed E-state index contributed by atoms with van der Waals surface area (Å²) >= 11 is 5.28. The molecule has 0 aromatic carbocycles. The van der Waals surface area contributed by atoms with Crippen LogP contribution in [0.3, 0.4) is 0 Å². The van der Waals surface area contributed by atoms with Gasteiger partial charge in [-0.05, 0) is 35.8 Å². The van der Waals surface area contributed by atoms with Gasteiger partial charge in [-0.2, -0.15) is 4.98 Å². The molecule has 0 saturated carbocycles. The van der Waals surface area contributed by atoms with Crippen molar-refractivity contribution >= 4 is 27.3 Å². The first-order valence-corrected chi connectivity index (χ1v) is 6.51. The number of hydrogen-bond acceptors (Lipinski definition) is 5. The average molecular weight is 302 g/mol. The molecule has 0 aliphatic carbocycles. The van der Waals surface area contributed by atoms with Crippen LogP contribution in [0, 0.1) is 13.8 Å². The van der Waals surface area contributed by atoms with Crippen LogP contribution in [0.1, 0.15) is 21.5 Å². The molecule has 0 bridgehead atoms. The summed E-state index contributed by atoms with van der Waals surface area (Å²) in [6.45, 7) is 5.33. The van der Waals surface area contributed by atoms with Gasteiger partial charge in [0.15, 0.2) is 5.82 Å². The van der Waals surface area contributed by atoms with Crippen LogP contribution in [-0.4, -0.2) is 10.1 Å². The Balaban J connectivity index is 1.84. The van der Waals surface area contributed by atoms with E-state index in [0.29, 0.717) is 18.3 Å². The number of rotatable bonds is 4. The molecule has 0 aliphatic rings. The van der Waals surface area contributed by atoms with Crippen LogP contribution < -0.4 is 5.32 Å². The molecule has 2 aromatic heterocycles. The van der Waals surface area contributed by atoms with Crippen molar-refractivity contribution in [1.82, 2.24) is 15.5 Å². The van der Waals surface area contributed by atoms with Gasteiger partial charge in [-0.3, -0.25) is 0 Å². The van der Waals surface area contributed by atoms with Gasteiger partial charge in [0.05, 0.1) is 6.54 Å². The lowest BCUT2D eigenvalue weighted by molar-refractivity contribution is 0.364. The topological polar surface area (TPSA) is 51.0 Å². The SMILES string of the molecule is Cc1noc(CNCc2cc(Br)c(C)s2)n1. The highest BCUT2D eigenvalue weighted by Crippen LogP contribution is 2.26. The Bertz CT molecular complexity index is 461. The second-order valence-electron chi connectivity index (χ2n) is 3.46. The Hall–Kier alpha value is -0.720. The van der Waals surface area contributed by atoms with E-state index in [1.807, 2.05) is 6.92 Å². The average Bonchev–Trinajstić information content (AvgIpc) is 2.75. The van der Waals surface area contributed by atoms with Crippen molar-refractivity contribution in [2.24, 2.45) is 0 Å². The second kappa shape index (κ2) is 5.07. The number of thiophene rings is 1. The summed E-state index contributed by atoms with van der Waals surface area (Å²) in [4.78, 5) is 6.71. The van der Waals surface area contributed by atoms with E-state index in [1.165, 1.54) is 14.2 Å². The normalized spacial score (nSPS) is 10.9. The summed E-state index contributed by atoms with van der Waals surface area (Å²) in [5.41, 5.74) is 0. The van der Waals surface area contributed by atoms with Crippen LogP contribution in [0.4, 0.5) is 0 Å². The van der Waals surface area contributed by atoms with Gasteiger partial charge in [0.25, 0.3) is 0 Å². The van der Waals surface area contributed by atoms with E-state index in [1.54, 1.807) is 11.3 Å². The van der Waals surface area contributed by atoms with Crippen LogP contribution in [0.2, 0.25) is 0 Å². The summed E-state index contributed by atoms with van der Waals surface area (Å²) < 4.78 is 6.17. The maximum atomic E-state index is 5.00. The number of nitrogens with zero attached hydrogens (tertiary/aromatic N) is 2. The minimum atomic E-state index is 0.607. The Morgan fingerprint density at radius 1 is 1.44 bits per heavy atom. The van der Waals surface area contributed by atoms with Crippen LogP contribution in [0.5, 0.6) is 0 Å². The first-order valence-electron chi connectivity index (χ1n) is 4.90. The molecular weight excluding hydrogens is 290 g/mol. The van der Waals surface area contributed by atoms with Crippen molar-refractivity contribution in [1.29, 1.82) is 0 Å². The number of halogens is 1. The molecule has 0 aliphatic heterocycles. The van der Waals surface area contributed by atoms with Crippen molar-refractivity contribution in [3.63, 3.8) is 0 Å². The van der Waals surface area contributed by atoms with E-state index in [2.05, 4.69) is 44.4 Å². The maximum Gasteiger partial charge on any atom is 0.240 e. The zero-order chi connectivity index (χ0) is 11.5. The maximum absolute atomic E-state index is 5.00. The predicted molar refractivity (Wildman–Crippen MR) is 66.3 cm³/mol. The largest absolute Gasteiger partial charge is 0.338 e. The third-order valence-corrected chi connectivity index (χ3v) is 4.19. The third-order valence-electron chi connectivity index (χ3n) is 2.05. The molecule has 0 unspecified atom stereocenters. The Kier molecular flexibility index (Phi) is 3.73. The van der Waals surface area contributed by atoms with E-state index in [9.17, 15) is 0 Å². The first-order chi connectivity index (χ1) is 7.65. The van der Waals surface area contributed by atoms with Crippen LogP contribution >= 0.6 is 27.3 Å². The lowest BCUT2D eigenvalue weighted by Gasteiger charge is -1.97. The smallest absolute Gasteiger partial charge is 0.240 e. The molecule has 4 nitrogen and oxygen atoms in total. The Labute approximate surface area is 106 Å². The van der Waals surface area contributed by atoms with E-state index in [0.717, 1.165) is 6.54 Å². The molecule has 16 heavy (non-hydrogen) atoms. The molecule has 2 rings (SSSR count). The Morgan fingerprint density at radius 2 is 2.25 bits per heavy atom. The van der Waals surface area contributed by atoms with Crippen LogP contribution in [0.15, 0.2) is 15.1 Å². The van der Waals surface area contributed by atoms with Gasteiger partial charge in [-0.25, -0.2) is 0 Å². The monoisotopic (exact) mass is 301 g/mol. The fourth-order valence-corrected chi connectivity index (χ4v) is 2.88. The summed E-state index contributed by atoms with van der Waals surface area (Å²) in [7, 11) is 0. The molecule has 0 radical (unpaired) electrons. The third kappa shape index (κ3) is 2.90. The fraction of sp³-hybridized carbons (Fsp3) is 0.400. The van der Waals surface area contributed by atoms with Crippen molar-refractivity contribution in [3.05, 3.63) is 32.0 Å². The summed E-state index contributed by atoms with van der Waals surface area (Å²) in [6, 6.07) is 2.13. The Morgan fingerprint density at radius 3 is 2.81 bits per heavy atom. The van der Waals surface area contributed by atoms with Gasteiger partial charge in [0.2, 0.25) is 5.89 Å². The molecule has 2 aromatic rings. The highest BCUT2D eigenvalue weighted by atomic mass is 79.9. The van der Waals surface area contributed by atoms with E-state index in [-0.39, 0.29) is 0 Å². The molecule has 0 saturated heterocycles. The zero-order valence-corrected chi connectivity index (χ0v) is 11.5. The highest BCUT2D eigenvalue weighted by Gasteiger charge is 2.04. The lowest BCUT2D eigenvalue weighted by atomic mass is 10.4. The van der Waals surface area contributed by atoms with E-state index >= 15 is 0 Å².